The maximum Gasteiger partial charge on any atom is 0.330 e. The Bertz CT molecular complexity index is 1180. The number of nitrogens with zero attached hydrogens (tertiary/aromatic N) is 2. The van der Waals surface area contributed by atoms with Crippen LogP contribution in [0.5, 0.6) is 23.0 Å². The molecule has 178 valence electrons. The molecule has 1 saturated heterocycles. The Labute approximate surface area is 197 Å². The topological polar surface area (TPSA) is 128 Å². The van der Waals surface area contributed by atoms with Crippen LogP contribution in [-0.4, -0.2) is 48.1 Å². The minimum atomic E-state index is -0.678. The molecule has 1 aromatic heterocycles. The number of hydrazine groups is 1. The second kappa shape index (κ2) is 10.2. The third-order valence-electron chi connectivity index (χ3n) is 5.58. The number of ether oxygens (including phenoxy) is 3. The number of fused-ring (bicyclic) bond motifs is 1. The van der Waals surface area contributed by atoms with Crippen LogP contribution in [0.3, 0.4) is 0 Å². The number of amides is 3. The van der Waals surface area contributed by atoms with E-state index in [2.05, 4.69) is 15.8 Å². The molecular weight excluding hydrogens is 438 g/mol. The summed E-state index contributed by atoms with van der Waals surface area (Å²) in [5, 5.41) is 0.774. The van der Waals surface area contributed by atoms with Gasteiger partial charge in [0.2, 0.25) is 5.91 Å². The minimum absolute atomic E-state index is 0.00226. The van der Waals surface area contributed by atoms with Crippen molar-refractivity contribution in [2.75, 3.05) is 25.6 Å². The molecule has 0 radical (unpaired) electrons. The van der Waals surface area contributed by atoms with Crippen LogP contribution in [0.1, 0.15) is 19.8 Å². The number of urea groups is 1. The highest BCUT2D eigenvalue weighted by Gasteiger charge is 2.23. The van der Waals surface area contributed by atoms with Crippen LogP contribution in [0.25, 0.3) is 10.9 Å². The second-order valence-electron chi connectivity index (χ2n) is 7.89. The number of methoxy groups -OCH3 is 1. The Balaban J connectivity index is 1.51. The molecule has 0 atom stereocenters. The Kier molecular flexibility index (Phi) is 6.86. The number of pyridine rings is 1. The van der Waals surface area contributed by atoms with E-state index in [1.54, 1.807) is 50.6 Å². The Hall–Kier alpha value is -4.21. The van der Waals surface area contributed by atoms with E-state index in [4.69, 9.17) is 19.9 Å². The first-order valence-electron chi connectivity index (χ1n) is 10.9. The molecular formula is C24H27N5O5. The van der Waals surface area contributed by atoms with Gasteiger partial charge in [0.15, 0.2) is 11.5 Å². The van der Waals surface area contributed by atoms with Gasteiger partial charge in [0, 0.05) is 50.5 Å². The largest absolute Gasteiger partial charge is 0.493 e. The van der Waals surface area contributed by atoms with Crippen molar-refractivity contribution >= 4 is 28.5 Å². The molecule has 0 spiro atoms. The lowest BCUT2D eigenvalue weighted by Crippen LogP contribution is -2.40. The molecule has 4 rings (SSSR count). The van der Waals surface area contributed by atoms with Gasteiger partial charge in [0.25, 0.3) is 0 Å². The Morgan fingerprint density at radius 3 is 2.44 bits per heavy atom. The van der Waals surface area contributed by atoms with Crippen molar-refractivity contribution < 1.29 is 23.8 Å². The number of nitrogens with one attached hydrogen (secondary N) is 2. The van der Waals surface area contributed by atoms with Gasteiger partial charge in [-0.05, 0) is 36.4 Å². The molecule has 0 unspecified atom stereocenters. The van der Waals surface area contributed by atoms with Gasteiger partial charge < -0.3 is 24.8 Å². The van der Waals surface area contributed by atoms with Crippen molar-refractivity contribution in [2.45, 2.75) is 25.9 Å². The lowest BCUT2D eigenvalue weighted by atomic mass is 10.1. The normalized spacial score (nSPS) is 13.9. The van der Waals surface area contributed by atoms with E-state index in [1.807, 2.05) is 17.0 Å². The van der Waals surface area contributed by atoms with Gasteiger partial charge >= 0.3 is 6.03 Å². The van der Waals surface area contributed by atoms with E-state index in [0.717, 1.165) is 18.2 Å². The molecule has 4 N–H and O–H groups in total. The van der Waals surface area contributed by atoms with Crippen LogP contribution in [0.4, 0.5) is 10.5 Å². The molecule has 1 fully saturated rings. The first kappa shape index (κ1) is 23.0. The second-order valence-corrected chi connectivity index (χ2v) is 7.89. The number of hydrogen-bond acceptors (Lipinski definition) is 7. The van der Waals surface area contributed by atoms with Gasteiger partial charge in [0.05, 0.1) is 18.3 Å². The molecule has 3 aromatic rings. The summed E-state index contributed by atoms with van der Waals surface area (Å²) in [6, 6.07) is 11.8. The molecule has 0 saturated carbocycles. The van der Waals surface area contributed by atoms with Gasteiger partial charge in [-0.15, -0.1) is 0 Å². The Morgan fingerprint density at radius 2 is 1.79 bits per heavy atom. The molecule has 1 aliphatic heterocycles. The molecule has 1 aliphatic rings. The summed E-state index contributed by atoms with van der Waals surface area (Å²) in [6.45, 7) is 2.95. The molecule has 2 heterocycles. The lowest BCUT2D eigenvalue weighted by Gasteiger charge is -2.31. The number of carbonyl (C=O) groups is 2. The monoisotopic (exact) mass is 465 g/mol. The van der Waals surface area contributed by atoms with Crippen molar-refractivity contribution in [3.05, 3.63) is 48.7 Å². The fraction of sp³-hybridized carbons (Fsp3) is 0.292. The summed E-state index contributed by atoms with van der Waals surface area (Å²) in [7, 11) is 1.59. The number of hydrogen-bond donors (Lipinski definition) is 3. The van der Waals surface area contributed by atoms with E-state index >= 15 is 0 Å². The Morgan fingerprint density at radius 1 is 1.06 bits per heavy atom. The first-order valence-corrected chi connectivity index (χ1v) is 10.9. The number of benzene rings is 2. The third-order valence-corrected chi connectivity index (χ3v) is 5.58. The van der Waals surface area contributed by atoms with Crippen LogP contribution in [0.15, 0.2) is 48.7 Å². The van der Waals surface area contributed by atoms with E-state index in [0.29, 0.717) is 47.3 Å². The molecule has 0 aliphatic carbocycles. The standard InChI is InChI=1S/C24H27N5O5/c1-15(30)29-11-8-18(9-12-29)34-23-14-20-19(13-22(23)32-2)21(7-10-26-20)33-17-5-3-16(4-6-17)27-28-24(25)31/h3-7,10,13-14,18,27H,8-9,11-12H2,1-2H3,(H3,25,28,31). The van der Waals surface area contributed by atoms with Crippen LogP contribution in [0, 0.1) is 0 Å². The van der Waals surface area contributed by atoms with E-state index in [9.17, 15) is 9.59 Å². The summed E-state index contributed by atoms with van der Waals surface area (Å²) in [6.07, 6.45) is 3.19. The molecule has 0 bridgehead atoms. The number of primary amides is 1. The number of anilines is 1. The van der Waals surface area contributed by atoms with E-state index in [1.165, 1.54) is 0 Å². The predicted molar refractivity (Wildman–Crippen MR) is 127 cm³/mol. The van der Waals surface area contributed by atoms with Gasteiger partial charge in [-0.1, -0.05) is 0 Å². The SMILES string of the molecule is COc1cc2c(Oc3ccc(NNC(N)=O)cc3)ccnc2cc1OC1CCN(C(C)=O)CC1. The molecule has 10 nitrogen and oxygen atoms in total. The lowest BCUT2D eigenvalue weighted by molar-refractivity contribution is -0.130. The number of likely N-dealkylation sites (tertiary alicyclic amines) is 1. The molecule has 3 amide bonds. The zero-order valence-electron chi connectivity index (χ0n) is 19.0. The van der Waals surface area contributed by atoms with Crippen molar-refractivity contribution in [3.63, 3.8) is 0 Å². The zero-order chi connectivity index (χ0) is 24.1. The van der Waals surface area contributed by atoms with E-state index < -0.39 is 6.03 Å². The van der Waals surface area contributed by atoms with Gasteiger partial charge in [-0.2, -0.15) is 0 Å². The van der Waals surface area contributed by atoms with E-state index in [-0.39, 0.29) is 12.0 Å². The van der Waals surface area contributed by atoms with Gasteiger partial charge in [-0.3, -0.25) is 20.6 Å². The van der Waals surface area contributed by atoms with Crippen molar-refractivity contribution in [1.82, 2.24) is 15.3 Å². The summed E-state index contributed by atoms with van der Waals surface area (Å²) in [4.78, 5) is 28.7. The summed E-state index contributed by atoms with van der Waals surface area (Å²) < 4.78 is 17.9. The highest BCUT2D eigenvalue weighted by molar-refractivity contribution is 5.88. The fourth-order valence-electron chi connectivity index (χ4n) is 3.80. The number of piperidine rings is 1. The maximum absolute atomic E-state index is 11.6. The summed E-state index contributed by atoms with van der Waals surface area (Å²) in [5.41, 5.74) is 11.4. The molecule has 34 heavy (non-hydrogen) atoms. The van der Waals surface area contributed by atoms with Crippen molar-refractivity contribution in [3.8, 4) is 23.0 Å². The van der Waals surface area contributed by atoms with Crippen LogP contribution in [-0.2, 0) is 4.79 Å². The first-order chi connectivity index (χ1) is 16.4. The number of aromatic nitrogens is 1. The number of nitrogens with two attached hydrogens (primary N) is 1. The fourth-order valence-corrected chi connectivity index (χ4v) is 3.80. The zero-order valence-corrected chi connectivity index (χ0v) is 19.0. The highest BCUT2D eigenvalue weighted by Crippen LogP contribution is 2.38. The van der Waals surface area contributed by atoms with Crippen LogP contribution < -0.4 is 30.8 Å². The molecule has 2 aromatic carbocycles. The maximum atomic E-state index is 11.6. The number of rotatable bonds is 7. The van der Waals surface area contributed by atoms with Gasteiger partial charge in [0.1, 0.15) is 17.6 Å². The van der Waals surface area contributed by atoms with Crippen LogP contribution in [0.2, 0.25) is 0 Å². The molecule has 10 heteroatoms. The van der Waals surface area contributed by atoms with Crippen molar-refractivity contribution in [1.29, 1.82) is 0 Å². The summed E-state index contributed by atoms with van der Waals surface area (Å²) >= 11 is 0. The predicted octanol–water partition coefficient (Wildman–Crippen LogP) is 3.42. The minimum Gasteiger partial charge on any atom is -0.493 e. The average Bonchev–Trinajstić information content (AvgIpc) is 2.83. The third kappa shape index (κ3) is 5.40. The smallest absolute Gasteiger partial charge is 0.330 e. The number of carbonyl (C=O) groups excluding carboxylic acids is 2. The van der Waals surface area contributed by atoms with Crippen LogP contribution >= 0.6 is 0 Å². The quantitative estimate of drug-likeness (QED) is 0.456. The van der Waals surface area contributed by atoms with Crippen molar-refractivity contribution in [2.24, 2.45) is 5.73 Å². The summed E-state index contributed by atoms with van der Waals surface area (Å²) in [5.74, 6) is 2.50. The average molecular weight is 466 g/mol. The van der Waals surface area contributed by atoms with Gasteiger partial charge in [-0.25, -0.2) is 4.79 Å². The highest BCUT2D eigenvalue weighted by atomic mass is 16.5.